The van der Waals surface area contributed by atoms with Gasteiger partial charge in [0.15, 0.2) is 0 Å². The molecule has 0 saturated carbocycles. The molecule has 0 fully saturated rings. The first-order valence-corrected chi connectivity index (χ1v) is 7.14. The molecule has 0 amide bonds. The third kappa shape index (κ3) is 4.42. The molecule has 6 nitrogen and oxygen atoms in total. The van der Waals surface area contributed by atoms with Gasteiger partial charge in [0.1, 0.15) is 17.6 Å². The molecule has 1 unspecified atom stereocenters. The fourth-order valence-corrected chi connectivity index (χ4v) is 2.19. The Labute approximate surface area is 125 Å². The molecule has 0 aliphatic carbocycles. The summed E-state index contributed by atoms with van der Waals surface area (Å²) < 4.78 is 12.6. The largest absolute Gasteiger partial charge is 0.467 e. The van der Waals surface area contributed by atoms with E-state index in [2.05, 4.69) is 22.2 Å². The number of imidazole rings is 1. The number of furan rings is 1. The quantitative estimate of drug-likeness (QED) is 0.754. The van der Waals surface area contributed by atoms with Crippen LogP contribution in [0, 0.1) is 0 Å². The van der Waals surface area contributed by atoms with Crippen molar-refractivity contribution < 1.29 is 9.15 Å². The molecule has 0 saturated heterocycles. The predicted molar refractivity (Wildman–Crippen MR) is 81.1 cm³/mol. The smallest absolute Gasteiger partial charge is 0.133 e. The van der Waals surface area contributed by atoms with Gasteiger partial charge in [-0.05, 0) is 19.2 Å². The zero-order valence-electron chi connectivity index (χ0n) is 13.0. The number of hydrogen-bond acceptors (Lipinski definition) is 5. The molecule has 0 spiro atoms. The number of nitrogens with one attached hydrogen (secondary N) is 1. The molecule has 2 aromatic rings. The Hall–Kier alpha value is -1.63. The number of aromatic nitrogens is 2. The molecule has 0 aliphatic rings. The van der Waals surface area contributed by atoms with E-state index in [-0.39, 0.29) is 6.04 Å². The lowest BCUT2D eigenvalue weighted by molar-refractivity contribution is 0.161. The summed E-state index contributed by atoms with van der Waals surface area (Å²) in [5.74, 6) is 1.83. The molecule has 0 radical (unpaired) electrons. The summed E-state index contributed by atoms with van der Waals surface area (Å²) in [6.45, 7) is 3.45. The van der Waals surface area contributed by atoms with Crippen molar-refractivity contribution in [2.75, 3.05) is 40.4 Å². The number of rotatable bonds is 9. The Kier molecular flexibility index (Phi) is 5.98. The summed E-state index contributed by atoms with van der Waals surface area (Å²) in [6.07, 6.45) is 5.44. The van der Waals surface area contributed by atoms with Gasteiger partial charge in [0.25, 0.3) is 0 Å². The molecular formula is C15H24N4O2. The van der Waals surface area contributed by atoms with Gasteiger partial charge in [-0.25, -0.2) is 4.98 Å². The topological polar surface area (TPSA) is 55.5 Å². The van der Waals surface area contributed by atoms with Gasteiger partial charge in [-0.2, -0.15) is 0 Å². The van der Waals surface area contributed by atoms with E-state index in [1.54, 1.807) is 19.6 Å². The zero-order chi connectivity index (χ0) is 15.1. The highest BCUT2D eigenvalue weighted by atomic mass is 16.5. The van der Waals surface area contributed by atoms with E-state index < -0.39 is 0 Å². The monoisotopic (exact) mass is 292 g/mol. The Morgan fingerprint density at radius 3 is 2.95 bits per heavy atom. The normalized spacial score (nSPS) is 13.0. The first-order chi connectivity index (χ1) is 10.2. The average molecular weight is 292 g/mol. The van der Waals surface area contributed by atoms with Crippen molar-refractivity contribution in [2.45, 2.75) is 6.04 Å². The number of nitrogens with zero attached hydrogens (tertiary/aromatic N) is 3. The van der Waals surface area contributed by atoms with Crippen LogP contribution in [0.3, 0.4) is 0 Å². The van der Waals surface area contributed by atoms with E-state index in [0.717, 1.165) is 37.8 Å². The third-order valence-corrected chi connectivity index (χ3v) is 3.46. The van der Waals surface area contributed by atoms with Gasteiger partial charge in [-0.3, -0.25) is 5.32 Å². The Morgan fingerprint density at radius 1 is 1.48 bits per heavy atom. The summed E-state index contributed by atoms with van der Waals surface area (Å²) in [4.78, 5) is 6.66. The SMILES string of the molecule is COCCN(C)CCNC(c1ccco1)c1nccn1C. The third-order valence-electron chi connectivity index (χ3n) is 3.46. The van der Waals surface area contributed by atoms with Crippen molar-refractivity contribution in [1.82, 2.24) is 19.8 Å². The van der Waals surface area contributed by atoms with Gasteiger partial charge >= 0.3 is 0 Å². The maximum atomic E-state index is 5.55. The van der Waals surface area contributed by atoms with Gasteiger partial charge in [-0.1, -0.05) is 0 Å². The van der Waals surface area contributed by atoms with E-state index >= 15 is 0 Å². The van der Waals surface area contributed by atoms with Crippen molar-refractivity contribution >= 4 is 0 Å². The van der Waals surface area contributed by atoms with Gasteiger partial charge in [0, 0.05) is 46.2 Å². The maximum Gasteiger partial charge on any atom is 0.133 e. The van der Waals surface area contributed by atoms with Crippen LogP contribution >= 0.6 is 0 Å². The van der Waals surface area contributed by atoms with Gasteiger partial charge in [0.05, 0.1) is 12.9 Å². The van der Waals surface area contributed by atoms with Crippen molar-refractivity contribution in [2.24, 2.45) is 7.05 Å². The van der Waals surface area contributed by atoms with Crippen LogP contribution in [0.2, 0.25) is 0 Å². The number of methoxy groups -OCH3 is 1. The summed E-state index contributed by atoms with van der Waals surface area (Å²) in [5, 5.41) is 3.51. The predicted octanol–water partition coefficient (Wildman–Crippen LogP) is 1.27. The average Bonchev–Trinajstić information content (AvgIpc) is 3.13. The molecule has 116 valence electrons. The lowest BCUT2D eigenvalue weighted by Gasteiger charge is -2.20. The van der Waals surface area contributed by atoms with E-state index in [0.29, 0.717) is 0 Å². The first kappa shape index (κ1) is 15.8. The molecule has 6 heteroatoms. The number of ether oxygens (including phenoxy) is 1. The summed E-state index contributed by atoms with van der Waals surface area (Å²) >= 11 is 0. The fourth-order valence-electron chi connectivity index (χ4n) is 2.19. The van der Waals surface area contributed by atoms with Crippen molar-refractivity contribution in [3.8, 4) is 0 Å². The molecule has 2 aromatic heterocycles. The van der Waals surface area contributed by atoms with Crippen LogP contribution in [0.4, 0.5) is 0 Å². The van der Waals surface area contributed by atoms with E-state index in [1.165, 1.54) is 0 Å². The highest BCUT2D eigenvalue weighted by Crippen LogP contribution is 2.20. The van der Waals surface area contributed by atoms with E-state index in [1.807, 2.05) is 29.9 Å². The van der Waals surface area contributed by atoms with Crippen LogP contribution < -0.4 is 5.32 Å². The van der Waals surface area contributed by atoms with Gasteiger partial charge < -0.3 is 18.6 Å². The van der Waals surface area contributed by atoms with Crippen LogP contribution in [-0.4, -0.2) is 54.8 Å². The van der Waals surface area contributed by atoms with Crippen molar-refractivity contribution in [1.29, 1.82) is 0 Å². The van der Waals surface area contributed by atoms with Crippen LogP contribution in [0.5, 0.6) is 0 Å². The standard InChI is InChI=1S/C15H24N4O2/c1-18(10-12-20-3)8-6-16-14(13-5-4-11-21-13)15-17-7-9-19(15)2/h4-5,7,9,11,14,16H,6,8,10,12H2,1-3H3. The second-order valence-electron chi connectivity index (χ2n) is 5.09. The summed E-state index contributed by atoms with van der Waals surface area (Å²) in [6, 6.07) is 3.84. The van der Waals surface area contributed by atoms with Crippen molar-refractivity contribution in [3.05, 3.63) is 42.4 Å². The minimum Gasteiger partial charge on any atom is -0.467 e. The molecule has 0 aromatic carbocycles. The molecular weight excluding hydrogens is 268 g/mol. The van der Waals surface area contributed by atoms with Crippen LogP contribution in [0.1, 0.15) is 17.6 Å². The molecule has 1 atom stereocenters. The number of likely N-dealkylation sites (N-methyl/N-ethyl adjacent to an activating group) is 1. The van der Waals surface area contributed by atoms with E-state index in [4.69, 9.17) is 9.15 Å². The molecule has 0 aliphatic heterocycles. The second-order valence-corrected chi connectivity index (χ2v) is 5.09. The lowest BCUT2D eigenvalue weighted by atomic mass is 10.2. The molecule has 2 heterocycles. The molecule has 21 heavy (non-hydrogen) atoms. The Bertz CT molecular complexity index is 509. The van der Waals surface area contributed by atoms with Crippen LogP contribution in [-0.2, 0) is 11.8 Å². The van der Waals surface area contributed by atoms with Crippen molar-refractivity contribution in [3.63, 3.8) is 0 Å². The first-order valence-electron chi connectivity index (χ1n) is 7.14. The van der Waals surface area contributed by atoms with Gasteiger partial charge in [-0.15, -0.1) is 0 Å². The molecule has 0 bridgehead atoms. The Balaban J connectivity index is 1.94. The lowest BCUT2D eigenvalue weighted by Crippen LogP contribution is -2.34. The molecule has 2 rings (SSSR count). The van der Waals surface area contributed by atoms with Crippen LogP contribution in [0.25, 0.3) is 0 Å². The summed E-state index contributed by atoms with van der Waals surface area (Å²) in [5.41, 5.74) is 0. The number of hydrogen-bond donors (Lipinski definition) is 1. The van der Waals surface area contributed by atoms with Crippen LogP contribution in [0.15, 0.2) is 35.2 Å². The highest BCUT2D eigenvalue weighted by Gasteiger charge is 2.20. The molecule has 1 N–H and O–H groups in total. The minimum absolute atomic E-state index is 0.0316. The second kappa shape index (κ2) is 7.97. The zero-order valence-corrected chi connectivity index (χ0v) is 13.0. The number of aryl methyl sites for hydroxylation is 1. The highest BCUT2D eigenvalue weighted by molar-refractivity contribution is 5.15. The van der Waals surface area contributed by atoms with Gasteiger partial charge in [0.2, 0.25) is 0 Å². The maximum absolute atomic E-state index is 5.55. The van der Waals surface area contributed by atoms with E-state index in [9.17, 15) is 0 Å². The Morgan fingerprint density at radius 2 is 2.33 bits per heavy atom. The fraction of sp³-hybridized carbons (Fsp3) is 0.533. The minimum atomic E-state index is -0.0316. The summed E-state index contributed by atoms with van der Waals surface area (Å²) in [7, 11) is 5.80.